The van der Waals surface area contributed by atoms with E-state index in [2.05, 4.69) is 41.5 Å². The second-order valence-electron chi connectivity index (χ2n) is 5.05. The van der Waals surface area contributed by atoms with Gasteiger partial charge in [-0.15, -0.1) is 11.8 Å². The Morgan fingerprint density at radius 2 is 1.86 bits per heavy atom. The topological polar surface area (TPSA) is 42.0 Å². The van der Waals surface area contributed by atoms with Crippen LogP contribution in [0.25, 0.3) is 0 Å². The Morgan fingerprint density at radius 3 is 2.52 bits per heavy atom. The summed E-state index contributed by atoms with van der Waals surface area (Å²) in [6.07, 6.45) is 3.48. The first kappa shape index (κ1) is 15.6. The van der Waals surface area contributed by atoms with E-state index in [4.69, 9.17) is 0 Å². The Balaban J connectivity index is 1.73. The van der Waals surface area contributed by atoms with E-state index in [1.807, 2.05) is 19.1 Å². The molecule has 1 N–H and O–H groups in total. The van der Waals surface area contributed by atoms with E-state index in [1.54, 1.807) is 24.2 Å². The molecular weight excluding hydrogens is 280 g/mol. The average Bonchev–Trinajstić information content (AvgIpc) is 2.50. The largest absolute Gasteiger partial charge is 0.349 e. The van der Waals surface area contributed by atoms with Gasteiger partial charge in [-0.25, -0.2) is 0 Å². The number of pyridine rings is 1. The second-order valence-corrected chi connectivity index (χ2v) is 6.03. The number of carbonyl (C=O) groups is 1. The first-order valence-corrected chi connectivity index (χ1v) is 8.13. The quantitative estimate of drug-likeness (QED) is 0.888. The molecule has 0 aliphatic rings. The predicted molar refractivity (Wildman–Crippen MR) is 88.1 cm³/mol. The van der Waals surface area contributed by atoms with Crippen LogP contribution < -0.4 is 5.32 Å². The molecular formula is C17H20N2OS. The Kier molecular flexibility index (Phi) is 5.81. The summed E-state index contributed by atoms with van der Waals surface area (Å²) in [4.78, 5) is 15.9. The zero-order chi connectivity index (χ0) is 15.1. The van der Waals surface area contributed by atoms with Crippen LogP contribution >= 0.6 is 11.8 Å². The standard InChI is InChI=1S/C17H20N2OS/c1-13-3-5-15(6-4-13)11-21-12-17(20)19-14(2)16-7-9-18-10-8-16/h3-10,14H,11-12H2,1-2H3,(H,19,20). The summed E-state index contributed by atoms with van der Waals surface area (Å²) in [5, 5.41) is 3.00. The summed E-state index contributed by atoms with van der Waals surface area (Å²) in [6.45, 7) is 4.06. The number of hydrogen-bond acceptors (Lipinski definition) is 3. The van der Waals surface area contributed by atoms with E-state index in [0.717, 1.165) is 11.3 Å². The Labute approximate surface area is 130 Å². The van der Waals surface area contributed by atoms with Crippen molar-refractivity contribution in [2.24, 2.45) is 0 Å². The van der Waals surface area contributed by atoms with Gasteiger partial charge in [0.2, 0.25) is 5.91 Å². The van der Waals surface area contributed by atoms with Gasteiger partial charge in [-0.3, -0.25) is 9.78 Å². The van der Waals surface area contributed by atoms with Crippen molar-refractivity contribution in [3.05, 3.63) is 65.5 Å². The fourth-order valence-corrected chi connectivity index (χ4v) is 2.76. The Morgan fingerprint density at radius 1 is 1.19 bits per heavy atom. The van der Waals surface area contributed by atoms with Gasteiger partial charge in [-0.1, -0.05) is 29.8 Å². The van der Waals surface area contributed by atoms with Gasteiger partial charge in [0, 0.05) is 18.1 Å². The molecule has 21 heavy (non-hydrogen) atoms. The molecule has 4 heteroatoms. The van der Waals surface area contributed by atoms with Crippen molar-refractivity contribution in [2.75, 3.05) is 5.75 Å². The van der Waals surface area contributed by atoms with Crippen molar-refractivity contribution in [3.63, 3.8) is 0 Å². The number of nitrogens with one attached hydrogen (secondary N) is 1. The zero-order valence-electron chi connectivity index (χ0n) is 12.4. The maximum Gasteiger partial charge on any atom is 0.230 e. The van der Waals surface area contributed by atoms with Crippen LogP contribution in [0.1, 0.15) is 29.7 Å². The first-order chi connectivity index (χ1) is 10.1. The van der Waals surface area contributed by atoms with Crippen LogP contribution in [0.15, 0.2) is 48.8 Å². The molecule has 0 saturated carbocycles. The summed E-state index contributed by atoms with van der Waals surface area (Å²) in [7, 11) is 0. The fraction of sp³-hybridized carbons (Fsp3) is 0.294. The van der Waals surface area contributed by atoms with Crippen LogP contribution in [0, 0.1) is 6.92 Å². The van der Waals surface area contributed by atoms with Crippen molar-refractivity contribution < 1.29 is 4.79 Å². The van der Waals surface area contributed by atoms with Crippen molar-refractivity contribution in [1.82, 2.24) is 10.3 Å². The number of carbonyl (C=O) groups excluding carboxylic acids is 1. The highest BCUT2D eigenvalue weighted by Gasteiger charge is 2.09. The third kappa shape index (κ3) is 5.23. The van der Waals surface area contributed by atoms with Crippen molar-refractivity contribution in [3.8, 4) is 0 Å². The molecule has 0 aliphatic heterocycles. The lowest BCUT2D eigenvalue weighted by atomic mass is 10.1. The van der Waals surface area contributed by atoms with Gasteiger partial charge in [-0.05, 0) is 37.1 Å². The highest BCUT2D eigenvalue weighted by Crippen LogP contribution is 2.14. The number of nitrogens with zero attached hydrogens (tertiary/aromatic N) is 1. The van der Waals surface area contributed by atoms with E-state index in [-0.39, 0.29) is 11.9 Å². The highest BCUT2D eigenvalue weighted by atomic mass is 32.2. The predicted octanol–water partition coefficient (Wildman–Crippen LogP) is 3.50. The lowest BCUT2D eigenvalue weighted by molar-refractivity contribution is -0.119. The molecule has 0 spiro atoms. The third-order valence-electron chi connectivity index (χ3n) is 3.21. The normalized spacial score (nSPS) is 11.9. The van der Waals surface area contributed by atoms with Crippen molar-refractivity contribution in [2.45, 2.75) is 25.6 Å². The van der Waals surface area contributed by atoms with Crippen LogP contribution in [0.2, 0.25) is 0 Å². The molecule has 2 aromatic rings. The zero-order valence-corrected chi connectivity index (χ0v) is 13.2. The molecule has 0 fully saturated rings. The van der Waals surface area contributed by atoms with Crippen LogP contribution in [-0.4, -0.2) is 16.6 Å². The number of benzene rings is 1. The molecule has 1 atom stereocenters. The van der Waals surface area contributed by atoms with Crippen molar-refractivity contribution >= 4 is 17.7 Å². The molecule has 1 aromatic heterocycles. The summed E-state index contributed by atoms with van der Waals surface area (Å²) in [6, 6.07) is 12.3. The lowest BCUT2D eigenvalue weighted by Gasteiger charge is -2.13. The molecule has 0 bridgehead atoms. The Bertz CT molecular complexity index is 569. The average molecular weight is 300 g/mol. The molecule has 0 aliphatic carbocycles. The van der Waals surface area contributed by atoms with Gasteiger partial charge in [0.1, 0.15) is 0 Å². The second kappa shape index (κ2) is 7.84. The highest BCUT2D eigenvalue weighted by molar-refractivity contribution is 7.99. The molecule has 1 unspecified atom stereocenters. The van der Waals surface area contributed by atoms with E-state index >= 15 is 0 Å². The molecule has 0 radical (unpaired) electrons. The summed E-state index contributed by atoms with van der Waals surface area (Å²) in [5.41, 5.74) is 3.58. The number of thioether (sulfide) groups is 1. The monoisotopic (exact) mass is 300 g/mol. The number of aromatic nitrogens is 1. The van der Waals surface area contributed by atoms with Gasteiger partial charge >= 0.3 is 0 Å². The van der Waals surface area contributed by atoms with Crippen LogP contribution in [-0.2, 0) is 10.5 Å². The third-order valence-corrected chi connectivity index (χ3v) is 4.21. The number of rotatable bonds is 6. The van der Waals surface area contributed by atoms with E-state index in [9.17, 15) is 4.79 Å². The molecule has 2 rings (SSSR count). The van der Waals surface area contributed by atoms with Gasteiger partial charge in [0.25, 0.3) is 0 Å². The van der Waals surface area contributed by atoms with Gasteiger partial charge < -0.3 is 5.32 Å². The molecule has 110 valence electrons. The minimum Gasteiger partial charge on any atom is -0.349 e. The van der Waals surface area contributed by atoms with Crippen LogP contribution in [0.4, 0.5) is 0 Å². The summed E-state index contributed by atoms with van der Waals surface area (Å²) in [5.74, 6) is 1.40. The maximum absolute atomic E-state index is 11.9. The van der Waals surface area contributed by atoms with Gasteiger partial charge in [0.15, 0.2) is 0 Å². The van der Waals surface area contributed by atoms with Crippen LogP contribution in [0.3, 0.4) is 0 Å². The number of amides is 1. The number of aryl methyl sites for hydroxylation is 1. The van der Waals surface area contributed by atoms with Crippen molar-refractivity contribution in [1.29, 1.82) is 0 Å². The molecule has 1 aromatic carbocycles. The number of hydrogen-bond donors (Lipinski definition) is 1. The minimum absolute atomic E-state index is 0.0143. The van der Waals surface area contributed by atoms with Gasteiger partial charge in [-0.2, -0.15) is 0 Å². The van der Waals surface area contributed by atoms with Gasteiger partial charge in [0.05, 0.1) is 11.8 Å². The molecule has 1 heterocycles. The molecule has 3 nitrogen and oxygen atoms in total. The van der Waals surface area contributed by atoms with E-state index < -0.39 is 0 Å². The van der Waals surface area contributed by atoms with E-state index in [0.29, 0.717) is 5.75 Å². The summed E-state index contributed by atoms with van der Waals surface area (Å²) >= 11 is 1.63. The first-order valence-electron chi connectivity index (χ1n) is 6.98. The minimum atomic E-state index is 0.0143. The Hall–Kier alpha value is -1.81. The molecule has 1 amide bonds. The summed E-state index contributed by atoms with van der Waals surface area (Å²) < 4.78 is 0. The maximum atomic E-state index is 11.9. The van der Waals surface area contributed by atoms with E-state index in [1.165, 1.54) is 11.1 Å². The smallest absolute Gasteiger partial charge is 0.230 e. The SMILES string of the molecule is Cc1ccc(CSCC(=O)NC(C)c2ccncc2)cc1. The lowest BCUT2D eigenvalue weighted by Crippen LogP contribution is -2.28. The molecule has 0 saturated heterocycles. The van der Waals surface area contributed by atoms with Crippen LogP contribution in [0.5, 0.6) is 0 Å². The fourth-order valence-electron chi connectivity index (χ4n) is 1.96.